The molecule has 7 nitrogen and oxygen atoms in total. The van der Waals surface area contributed by atoms with Crippen LogP contribution in [0, 0.1) is 0 Å². The Hall–Kier alpha value is -2.57. The van der Waals surface area contributed by atoms with Crippen molar-refractivity contribution in [2.75, 3.05) is 0 Å². The maximum Gasteiger partial charge on any atom is 0.326 e. The normalized spacial score (nSPS) is 12.0. The van der Waals surface area contributed by atoms with E-state index in [4.69, 9.17) is 0 Å². The van der Waals surface area contributed by atoms with Crippen LogP contribution in [0.2, 0.25) is 0 Å². The molecule has 1 atom stereocenters. The SMILES string of the molecule is CCCn1cccc1C(=O)NC(Cc1cnc[nH]1)C(=O)O. The second kappa shape index (κ2) is 6.74. The Labute approximate surface area is 122 Å². The molecule has 0 saturated carbocycles. The molecule has 0 radical (unpaired) electrons. The molecule has 1 amide bonds. The minimum atomic E-state index is -1.08. The Morgan fingerprint density at radius 1 is 1.52 bits per heavy atom. The zero-order valence-electron chi connectivity index (χ0n) is 11.7. The van der Waals surface area contributed by atoms with Gasteiger partial charge in [0.05, 0.1) is 6.33 Å². The zero-order valence-corrected chi connectivity index (χ0v) is 11.7. The second-order valence-corrected chi connectivity index (χ2v) is 4.73. The number of rotatable bonds is 7. The average Bonchev–Trinajstić information content (AvgIpc) is 3.09. The number of aryl methyl sites for hydroxylation is 1. The maximum atomic E-state index is 12.2. The first kappa shape index (κ1) is 14.8. The smallest absolute Gasteiger partial charge is 0.326 e. The fourth-order valence-corrected chi connectivity index (χ4v) is 2.10. The van der Waals surface area contributed by atoms with Crippen LogP contribution in [-0.4, -0.2) is 37.6 Å². The molecule has 2 heterocycles. The zero-order chi connectivity index (χ0) is 15.2. The number of imidazole rings is 1. The summed E-state index contributed by atoms with van der Waals surface area (Å²) in [6.07, 6.45) is 5.88. The van der Waals surface area contributed by atoms with Gasteiger partial charge in [0.2, 0.25) is 0 Å². The first-order valence-electron chi connectivity index (χ1n) is 6.78. The van der Waals surface area contributed by atoms with Crippen molar-refractivity contribution >= 4 is 11.9 Å². The largest absolute Gasteiger partial charge is 0.480 e. The van der Waals surface area contributed by atoms with Gasteiger partial charge < -0.3 is 20.0 Å². The van der Waals surface area contributed by atoms with E-state index in [9.17, 15) is 14.7 Å². The van der Waals surface area contributed by atoms with Crippen LogP contribution in [0.1, 0.15) is 29.5 Å². The summed E-state index contributed by atoms with van der Waals surface area (Å²) in [6, 6.07) is 2.46. The van der Waals surface area contributed by atoms with E-state index in [1.54, 1.807) is 18.3 Å². The Morgan fingerprint density at radius 2 is 2.33 bits per heavy atom. The summed E-state index contributed by atoms with van der Waals surface area (Å²) in [5.41, 5.74) is 1.12. The summed E-state index contributed by atoms with van der Waals surface area (Å²) >= 11 is 0. The molecule has 0 aliphatic heterocycles. The summed E-state index contributed by atoms with van der Waals surface area (Å²) in [6.45, 7) is 2.73. The molecular formula is C14H18N4O3. The van der Waals surface area contributed by atoms with Crippen molar-refractivity contribution in [2.45, 2.75) is 32.4 Å². The van der Waals surface area contributed by atoms with E-state index in [2.05, 4.69) is 15.3 Å². The van der Waals surface area contributed by atoms with Gasteiger partial charge in [-0.05, 0) is 18.6 Å². The van der Waals surface area contributed by atoms with Crippen LogP contribution in [-0.2, 0) is 17.8 Å². The standard InChI is InChI=1S/C14H18N4O3/c1-2-5-18-6-3-4-12(18)13(19)17-11(14(20)21)7-10-8-15-9-16-10/h3-4,6,8-9,11H,2,5,7H2,1H3,(H,15,16)(H,17,19)(H,20,21). The van der Waals surface area contributed by atoms with Crippen LogP contribution in [0.4, 0.5) is 0 Å². The van der Waals surface area contributed by atoms with E-state index in [1.807, 2.05) is 17.7 Å². The molecule has 2 aromatic heterocycles. The summed E-state index contributed by atoms with van der Waals surface area (Å²) in [5, 5.41) is 11.8. The van der Waals surface area contributed by atoms with Gasteiger partial charge in [0.1, 0.15) is 11.7 Å². The molecule has 0 saturated heterocycles. The number of hydrogen-bond acceptors (Lipinski definition) is 3. The number of carbonyl (C=O) groups is 2. The minimum absolute atomic E-state index is 0.162. The molecule has 0 spiro atoms. The highest BCUT2D eigenvalue weighted by Crippen LogP contribution is 2.06. The highest BCUT2D eigenvalue weighted by atomic mass is 16.4. The number of aromatic amines is 1. The number of amides is 1. The lowest BCUT2D eigenvalue weighted by Gasteiger charge is -2.14. The molecule has 112 valence electrons. The number of H-pyrrole nitrogens is 1. The number of nitrogens with one attached hydrogen (secondary N) is 2. The fraction of sp³-hybridized carbons (Fsp3) is 0.357. The van der Waals surface area contributed by atoms with Gasteiger partial charge in [-0.15, -0.1) is 0 Å². The molecular weight excluding hydrogens is 272 g/mol. The molecule has 0 aliphatic carbocycles. The first-order valence-corrected chi connectivity index (χ1v) is 6.78. The molecule has 0 aliphatic rings. The van der Waals surface area contributed by atoms with E-state index in [1.165, 1.54) is 6.33 Å². The monoisotopic (exact) mass is 290 g/mol. The van der Waals surface area contributed by atoms with Crippen molar-refractivity contribution in [3.05, 3.63) is 42.2 Å². The third-order valence-corrected chi connectivity index (χ3v) is 3.11. The lowest BCUT2D eigenvalue weighted by Crippen LogP contribution is -2.43. The molecule has 2 aromatic rings. The number of nitrogens with zero attached hydrogens (tertiary/aromatic N) is 2. The van der Waals surface area contributed by atoms with Crippen molar-refractivity contribution in [3.63, 3.8) is 0 Å². The highest BCUT2D eigenvalue weighted by molar-refractivity contribution is 5.95. The highest BCUT2D eigenvalue weighted by Gasteiger charge is 2.22. The van der Waals surface area contributed by atoms with Gasteiger partial charge >= 0.3 is 5.97 Å². The molecule has 0 bridgehead atoms. The van der Waals surface area contributed by atoms with Crippen LogP contribution in [0.5, 0.6) is 0 Å². The van der Waals surface area contributed by atoms with Crippen molar-refractivity contribution in [1.29, 1.82) is 0 Å². The van der Waals surface area contributed by atoms with Gasteiger partial charge in [0.15, 0.2) is 0 Å². The summed E-state index contributed by atoms with van der Waals surface area (Å²) in [5.74, 6) is -1.47. The van der Waals surface area contributed by atoms with E-state index in [0.717, 1.165) is 6.42 Å². The van der Waals surface area contributed by atoms with Crippen LogP contribution >= 0.6 is 0 Å². The van der Waals surface area contributed by atoms with Crippen LogP contribution in [0.25, 0.3) is 0 Å². The number of carboxylic acids is 1. The predicted molar refractivity (Wildman–Crippen MR) is 75.9 cm³/mol. The predicted octanol–water partition coefficient (Wildman–Crippen LogP) is 1.05. The summed E-state index contributed by atoms with van der Waals surface area (Å²) in [4.78, 5) is 30.2. The van der Waals surface area contributed by atoms with Crippen molar-refractivity contribution in [2.24, 2.45) is 0 Å². The van der Waals surface area contributed by atoms with Crippen molar-refractivity contribution in [3.8, 4) is 0 Å². The Kier molecular flexibility index (Phi) is 4.76. The molecule has 0 fully saturated rings. The quantitative estimate of drug-likeness (QED) is 0.709. The van der Waals surface area contributed by atoms with Crippen molar-refractivity contribution in [1.82, 2.24) is 19.9 Å². The maximum absolute atomic E-state index is 12.2. The molecule has 3 N–H and O–H groups in total. The molecule has 7 heteroatoms. The number of aliphatic carboxylic acids is 1. The minimum Gasteiger partial charge on any atom is -0.480 e. The molecule has 2 rings (SSSR count). The summed E-state index contributed by atoms with van der Waals surface area (Å²) in [7, 11) is 0. The topological polar surface area (TPSA) is 100 Å². The molecule has 21 heavy (non-hydrogen) atoms. The van der Waals surface area contributed by atoms with Crippen LogP contribution in [0.15, 0.2) is 30.9 Å². The third-order valence-electron chi connectivity index (χ3n) is 3.11. The fourth-order valence-electron chi connectivity index (χ4n) is 2.10. The van der Waals surface area contributed by atoms with Gasteiger partial charge in [-0.2, -0.15) is 0 Å². The van der Waals surface area contributed by atoms with E-state index >= 15 is 0 Å². The Balaban J connectivity index is 2.07. The van der Waals surface area contributed by atoms with E-state index in [-0.39, 0.29) is 12.3 Å². The van der Waals surface area contributed by atoms with Crippen molar-refractivity contribution < 1.29 is 14.7 Å². The molecule has 0 aromatic carbocycles. The van der Waals surface area contributed by atoms with Crippen LogP contribution in [0.3, 0.4) is 0 Å². The van der Waals surface area contributed by atoms with Gasteiger partial charge in [0, 0.05) is 31.1 Å². The van der Waals surface area contributed by atoms with Gasteiger partial charge in [0.25, 0.3) is 5.91 Å². The van der Waals surface area contributed by atoms with Gasteiger partial charge in [-0.3, -0.25) is 4.79 Å². The number of carboxylic acid groups (broad SMARTS) is 1. The number of aromatic nitrogens is 3. The van der Waals surface area contributed by atoms with Gasteiger partial charge in [-0.25, -0.2) is 9.78 Å². The summed E-state index contributed by atoms with van der Waals surface area (Å²) < 4.78 is 1.81. The third kappa shape index (κ3) is 3.71. The lowest BCUT2D eigenvalue weighted by atomic mass is 10.1. The second-order valence-electron chi connectivity index (χ2n) is 4.73. The van der Waals surface area contributed by atoms with E-state index in [0.29, 0.717) is 17.9 Å². The number of carbonyl (C=O) groups excluding carboxylic acids is 1. The van der Waals surface area contributed by atoms with Crippen LogP contribution < -0.4 is 5.32 Å². The van der Waals surface area contributed by atoms with Gasteiger partial charge in [-0.1, -0.05) is 6.92 Å². The lowest BCUT2D eigenvalue weighted by molar-refractivity contribution is -0.139. The first-order chi connectivity index (χ1) is 10.1. The Morgan fingerprint density at radius 3 is 2.95 bits per heavy atom. The average molecular weight is 290 g/mol. The number of hydrogen-bond donors (Lipinski definition) is 3. The van der Waals surface area contributed by atoms with E-state index < -0.39 is 12.0 Å². The Bertz CT molecular complexity index is 604. The molecule has 1 unspecified atom stereocenters.